The van der Waals surface area contributed by atoms with Crippen molar-refractivity contribution in [2.24, 2.45) is 0 Å². The van der Waals surface area contributed by atoms with E-state index < -0.39 is 10.0 Å². The Labute approximate surface area is 111 Å². The summed E-state index contributed by atoms with van der Waals surface area (Å²) in [7, 11) is 0.420. The van der Waals surface area contributed by atoms with Crippen LogP contribution >= 0.6 is 0 Å². The Balaban J connectivity index is 2.31. The minimum absolute atomic E-state index is 0.0795. The van der Waals surface area contributed by atoms with Crippen LogP contribution in [0, 0.1) is 0 Å². The minimum Gasteiger partial charge on any atom is -0.377 e. The maximum absolute atomic E-state index is 12.0. The van der Waals surface area contributed by atoms with E-state index in [-0.39, 0.29) is 11.9 Å². The highest BCUT2D eigenvalue weighted by Crippen LogP contribution is 2.15. The molecule has 1 aliphatic heterocycles. The molecule has 1 atom stereocenters. The lowest BCUT2D eigenvalue weighted by molar-refractivity contribution is 0.00859. The van der Waals surface area contributed by atoms with Gasteiger partial charge in [-0.1, -0.05) is 0 Å². The van der Waals surface area contributed by atoms with E-state index in [0.29, 0.717) is 13.0 Å². The van der Waals surface area contributed by atoms with Crippen molar-refractivity contribution in [3.8, 4) is 0 Å². The van der Waals surface area contributed by atoms with Crippen molar-refractivity contribution >= 4 is 10.0 Å². The molecule has 0 bridgehead atoms. The van der Waals surface area contributed by atoms with Gasteiger partial charge in [0.15, 0.2) is 0 Å². The van der Waals surface area contributed by atoms with Gasteiger partial charge in [-0.25, -0.2) is 12.7 Å². The van der Waals surface area contributed by atoms with Crippen LogP contribution in [-0.4, -0.2) is 58.4 Å². The fraction of sp³-hybridized carbons (Fsp3) is 1.00. The zero-order valence-electron chi connectivity index (χ0n) is 11.5. The topological polar surface area (TPSA) is 58.6 Å². The van der Waals surface area contributed by atoms with Crippen LogP contribution in [0.15, 0.2) is 0 Å². The van der Waals surface area contributed by atoms with Gasteiger partial charge in [-0.15, -0.1) is 0 Å². The summed E-state index contributed by atoms with van der Waals surface area (Å²) in [6, 6.07) is 0. The monoisotopic (exact) mass is 278 g/mol. The minimum atomic E-state index is -3.11. The number of nitrogens with one attached hydrogen (secondary N) is 1. The molecule has 1 unspecified atom stereocenters. The number of rotatable bonds is 8. The summed E-state index contributed by atoms with van der Waals surface area (Å²) in [5.74, 6) is 0.234. The van der Waals surface area contributed by atoms with Gasteiger partial charge in [0, 0.05) is 20.2 Å². The standard InChI is InChI=1S/C12H26N2O3S/c1-13-8-4-6-10-18(15,16)14(2)11-12-7-3-5-9-17-12/h12-13H,3-11H2,1-2H3. The van der Waals surface area contributed by atoms with Crippen molar-refractivity contribution in [2.45, 2.75) is 38.2 Å². The van der Waals surface area contributed by atoms with Gasteiger partial charge in [-0.3, -0.25) is 0 Å². The molecule has 0 aromatic heterocycles. The highest BCUT2D eigenvalue weighted by Gasteiger charge is 2.23. The molecule has 0 aromatic carbocycles. The fourth-order valence-corrected chi connectivity index (χ4v) is 3.37. The van der Waals surface area contributed by atoms with E-state index in [1.165, 1.54) is 4.31 Å². The van der Waals surface area contributed by atoms with Crippen molar-refractivity contribution in [1.82, 2.24) is 9.62 Å². The molecule has 0 aliphatic carbocycles. The molecular formula is C12H26N2O3S. The average molecular weight is 278 g/mol. The lowest BCUT2D eigenvalue weighted by Gasteiger charge is -2.27. The summed E-state index contributed by atoms with van der Waals surface area (Å²) in [6.45, 7) is 2.13. The SMILES string of the molecule is CNCCCCS(=O)(=O)N(C)CC1CCCCO1. The lowest BCUT2D eigenvalue weighted by Crippen LogP contribution is -2.38. The van der Waals surface area contributed by atoms with Crippen LogP contribution in [0.25, 0.3) is 0 Å². The largest absolute Gasteiger partial charge is 0.377 e. The molecule has 1 saturated heterocycles. The summed E-state index contributed by atoms with van der Waals surface area (Å²) in [4.78, 5) is 0. The fourth-order valence-electron chi connectivity index (χ4n) is 2.09. The third-order valence-corrected chi connectivity index (χ3v) is 5.19. The first kappa shape index (κ1) is 15.9. The van der Waals surface area contributed by atoms with Gasteiger partial charge < -0.3 is 10.1 Å². The van der Waals surface area contributed by atoms with Crippen LogP contribution in [0.3, 0.4) is 0 Å². The molecule has 0 saturated carbocycles. The predicted octanol–water partition coefficient (Wildman–Crippen LogP) is 0.817. The van der Waals surface area contributed by atoms with Crippen LogP contribution in [0.5, 0.6) is 0 Å². The number of hydrogen-bond acceptors (Lipinski definition) is 4. The molecule has 1 aliphatic rings. The zero-order chi connectivity index (χ0) is 13.4. The highest BCUT2D eigenvalue weighted by molar-refractivity contribution is 7.89. The van der Waals surface area contributed by atoms with E-state index in [4.69, 9.17) is 4.74 Å². The van der Waals surface area contributed by atoms with Gasteiger partial charge >= 0.3 is 0 Å². The summed E-state index contributed by atoms with van der Waals surface area (Å²) < 4.78 is 31.1. The van der Waals surface area contributed by atoms with Crippen LogP contribution in [0.2, 0.25) is 0 Å². The third-order valence-electron chi connectivity index (χ3n) is 3.29. The Morgan fingerprint density at radius 3 is 2.72 bits per heavy atom. The lowest BCUT2D eigenvalue weighted by atomic mass is 10.1. The Kier molecular flexibility index (Phi) is 7.14. The second-order valence-corrected chi connectivity index (χ2v) is 7.09. The Morgan fingerprint density at radius 1 is 1.33 bits per heavy atom. The molecule has 108 valence electrons. The van der Waals surface area contributed by atoms with Gasteiger partial charge in [-0.05, 0) is 45.7 Å². The van der Waals surface area contributed by atoms with Gasteiger partial charge in [-0.2, -0.15) is 0 Å². The van der Waals surface area contributed by atoms with E-state index in [2.05, 4.69) is 5.32 Å². The van der Waals surface area contributed by atoms with E-state index >= 15 is 0 Å². The van der Waals surface area contributed by atoms with Crippen molar-refractivity contribution in [1.29, 1.82) is 0 Å². The molecule has 1 N–H and O–H groups in total. The molecule has 5 nitrogen and oxygen atoms in total. The maximum Gasteiger partial charge on any atom is 0.213 e. The van der Waals surface area contributed by atoms with Gasteiger partial charge in [0.05, 0.1) is 11.9 Å². The first-order chi connectivity index (χ1) is 8.56. The molecule has 0 amide bonds. The van der Waals surface area contributed by atoms with E-state index in [1.54, 1.807) is 7.05 Å². The van der Waals surface area contributed by atoms with Crippen molar-refractivity contribution in [2.75, 3.05) is 39.5 Å². The number of nitrogens with zero attached hydrogens (tertiary/aromatic N) is 1. The van der Waals surface area contributed by atoms with Crippen molar-refractivity contribution < 1.29 is 13.2 Å². The molecule has 1 rings (SSSR count). The number of ether oxygens (including phenoxy) is 1. The van der Waals surface area contributed by atoms with Crippen LogP contribution in [0.4, 0.5) is 0 Å². The van der Waals surface area contributed by atoms with Gasteiger partial charge in [0.1, 0.15) is 0 Å². The third kappa shape index (κ3) is 5.65. The summed E-state index contributed by atoms with van der Waals surface area (Å²) in [5, 5.41) is 3.02. The highest BCUT2D eigenvalue weighted by atomic mass is 32.2. The molecule has 0 radical (unpaired) electrons. The molecular weight excluding hydrogens is 252 g/mol. The number of sulfonamides is 1. The molecule has 18 heavy (non-hydrogen) atoms. The predicted molar refractivity (Wildman–Crippen MR) is 73.2 cm³/mol. The molecule has 1 fully saturated rings. The van der Waals surface area contributed by atoms with Crippen LogP contribution in [-0.2, 0) is 14.8 Å². The zero-order valence-corrected chi connectivity index (χ0v) is 12.3. The van der Waals surface area contributed by atoms with Crippen molar-refractivity contribution in [3.05, 3.63) is 0 Å². The number of likely N-dealkylation sites (N-methyl/N-ethyl adjacent to an activating group) is 1. The summed E-state index contributed by atoms with van der Waals surface area (Å²) >= 11 is 0. The molecule has 1 heterocycles. The number of hydrogen-bond donors (Lipinski definition) is 1. The quantitative estimate of drug-likeness (QED) is 0.668. The maximum atomic E-state index is 12.0. The first-order valence-corrected chi connectivity index (χ1v) is 8.37. The number of unbranched alkanes of at least 4 members (excludes halogenated alkanes) is 1. The Morgan fingerprint density at radius 2 is 2.11 bits per heavy atom. The van der Waals surface area contributed by atoms with E-state index in [9.17, 15) is 8.42 Å². The smallest absolute Gasteiger partial charge is 0.213 e. The van der Waals surface area contributed by atoms with Gasteiger partial charge in [0.2, 0.25) is 10.0 Å². The Bertz CT molecular complexity index is 313. The normalized spacial score (nSPS) is 21.4. The molecule has 0 aromatic rings. The summed E-state index contributed by atoms with van der Waals surface area (Å²) in [5.41, 5.74) is 0. The molecule has 0 spiro atoms. The van der Waals surface area contributed by atoms with Crippen LogP contribution in [0.1, 0.15) is 32.1 Å². The second kappa shape index (κ2) is 8.09. The Hall–Kier alpha value is -0.170. The van der Waals surface area contributed by atoms with E-state index in [1.807, 2.05) is 7.05 Å². The molecule has 6 heteroatoms. The summed E-state index contributed by atoms with van der Waals surface area (Å²) in [6.07, 6.45) is 4.88. The van der Waals surface area contributed by atoms with Gasteiger partial charge in [0.25, 0.3) is 0 Å². The first-order valence-electron chi connectivity index (χ1n) is 6.76. The average Bonchev–Trinajstić information content (AvgIpc) is 2.36. The van der Waals surface area contributed by atoms with E-state index in [0.717, 1.165) is 38.8 Å². The second-order valence-electron chi connectivity index (χ2n) is 4.90. The van der Waals surface area contributed by atoms with Crippen LogP contribution < -0.4 is 5.32 Å². The van der Waals surface area contributed by atoms with Crippen molar-refractivity contribution in [3.63, 3.8) is 0 Å².